The summed E-state index contributed by atoms with van der Waals surface area (Å²) in [4.78, 5) is 33.8. The zero-order valence-electron chi connectivity index (χ0n) is 9.77. The van der Waals surface area contributed by atoms with Crippen molar-refractivity contribution in [3.8, 4) is 0 Å². The number of carbonyl (C=O) groups excluding carboxylic acids is 2. The van der Waals surface area contributed by atoms with E-state index >= 15 is 0 Å². The number of hydrogen-bond acceptors (Lipinski definition) is 4. The molecule has 5 N–H and O–H groups in total. The van der Waals surface area contributed by atoms with Crippen molar-refractivity contribution in [3.05, 3.63) is 0 Å². The van der Waals surface area contributed by atoms with Gasteiger partial charge in [-0.05, 0) is 13.8 Å². The van der Waals surface area contributed by atoms with Gasteiger partial charge < -0.3 is 26.2 Å². The molecule has 0 aromatic carbocycles. The van der Waals surface area contributed by atoms with Gasteiger partial charge in [0.2, 0.25) is 5.91 Å². The molecule has 0 aliphatic heterocycles. The summed E-state index contributed by atoms with van der Waals surface area (Å²) in [5.74, 6) is -2.12. The first-order valence-electron chi connectivity index (χ1n) is 4.97. The van der Waals surface area contributed by atoms with Crippen LogP contribution in [0, 0.1) is 0 Å². The zero-order valence-corrected chi connectivity index (χ0v) is 9.77. The Morgan fingerprint density at radius 3 is 2.29 bits per heavy atom. The van der Waals surface area contributed by atoms with Crippen LogP contribution >= 0.6 is 0 Å². The molecule has 0 radical (unpaired) electrons. The minimum absolute atomic E-state index is 0.240. The van der Waals surface area contributed by atoms with Gasteiger partial charge in [0.25, 0.3) is 0 Å². The lowest BCUT2D eigenvalue weighted by atomic mass is 10.1. The maximum atomic E-state index is 11.5. The lowest BCUT2D eigenvalue weighted by Gasteiger charge is -2.23. The van der Waals surface area contributed by atoms with E-state index in [0.717, 1.165) is 11.8 Å². The molecule has 0 rings (SSSR count). The Bertz CT molecular complexity index is 316. The highest BCUT2D eigenvalue weighted by atomic mass is 16.4. The quantitative estimate of drug-likeness (QED) is 0.446. The number of hydrogen-bond donors (Lipinski definition) is 4. The first kappa shape index (κ1) is 15.2. The summed E-state index contributed by atoms with van der Waals surface area (Å²) in [6, 6.07) is -0.659. The van der Waals surface area contributed by atoms with Crippen molar-refractivity contribution < 1.29 is 24.6 Å². The fourth-order valence-electron chi connectivity index (χ4n) is 0.950. The molecule has 8 nitrogen and oxygen atoms in total. The molecule has 0 aliphatic carbocycles. The molecule has 0 fully saturated rings. The standard InChI is InChI=1S/C9H17N3O5/c1-3-12(4-6(10)13)8(16)11-5-9(2,17)7(14)15/h17H,3-5H2,1-2H3,(H2,10,13)(H,11,16)(H,14,15). The molecule has 0 heterocycles. The predicted molar refractivity (Wildman–Crippen MR) is 58.1 cm³/mol. The van der Waals surface area contributed by atoms with E-state index in [4.69, 9.17) is 10.8 Å². The minimum Gasteiger partial charge on any atom is -0.479 e. The first-order valence-corrected chi connectivity index (χ1v) is 4.97. The van der Waals surface area contributed by atoms with Crippen LogP contribution in [-0.2, 0) is 9.59 Å². The minimum atomic E-state index is -2.05. The van der Waals surface area contributed by atoms with Crippen molar-refractivity contribution in [2.45, 2.75) is 19.4 Å². The summed E-state index contributed by atoms with van der Waals surface area (Å²) in [6.07, 6.45) is 0. The van der Waals surface area contributed by atoms with Crippen molar-refractivity contribution in [2.75, 3.05) is 19.6 Å². The molecule has 0 saturated heterocycles. The second-order valence-electron chi connectivity index (χ2n) is 3.72. The van der Waals surface area contributed by atoms with Crippen LogP contribution in [0.4, 0.5) is 4.79 Å². The number of aliphatic hydroxyl groups is 1. The molecule has 3 amide bonds. The highest BCUT2D eigenvalue weighted by Gasteiger charge is 2.30. The van der Waals surface area contributed by atoms with Gasteiger partial charge in [-0.1, -0.05) is 0 Å². The highest BCUT2D eigenvalue weighted by molar-refractivity contribution is 5.83. The molecule has 0 spiro atoms. The summed E-state index contributed by atoms with van der Waals surface area (Å²) in [5.41, 5.74) is 2.88. The van der Waals surface area contributed by atoms with Crippen molar-refractivity contribution in [1.82, 2.24) is 10.2 Å². The Morgan fingerprint density at radius 1 is 1.41 bits per heavy atom. The second-order valence-corrected chi connectivity index (χ2v) is 3.72. The molecule has 0 bridgehead atoms. The van der Waals surface area contributed by atoms with Gasteiger partial charge in [-0.3, -0.25) is 4.79 Å². The largest absolute Gasteiger partial charge is 0.479 e. The van der Waals surface area contributed by atoms with Crippen LogP contribution in [0.5, 0.6) is 0 Å². The number of likely N-dealkylation sites (N-methyl/N-ethyl adjacent to an activating group) is 1. The Morgan fingerprint density at radius 2 is 1.94 bits per heavy atom. The predicted octanol–water partition coefficient (Wildman–Crippen LogP) is -1.66. The lowest BCUT2D eigenvalue weighted by molar-refractivity contribution is -0.155. The Kier molecular flexibility index (Phi) is 5.39. The molecule has 1 unspecified atom stereocenters. The van der Waals surface area contributed by atoms with Crippen LogP contribution in [-0.4, -0.2) is 58.3 Å². The van der Waals surface area contributed by atoms with Gasteiger partial charge in [-0.25, -0.2) is 9.59 Å². The molecule has 0 aromatic rings. The molecule has 17 heavy (non-hydrogen) atoms. The number of carboxylic acid groups (broad SMARTS) is 1. The summed E-state index contributed by atoms with van der Waals surface area (Å²) in [6.45, 7) is 2.20. The molecular formula is C9H17N3O5. The van der Waals surface area contributed by atoms with Gasteiger partial charge in [-0.2, -0.15) is 0 Å². The number of aliphatic carboxylic acids is 1. The van der Waals surface area contributed by atoms with E-state index in [2.05, 4.69) is 5.32 Å². The zero-order chi connectivity index (χ0) is 13.6. The fraction of sp³-hybridized carbons (Fsp3) is 0.667. The molecule has 8 heteroatoms. The number of nitrogens with zero attached hydrogens (tertiary/aromatic N) is 1. The van der Waals surface area contributed by atoms with E-state index in [9.17, 15) is 19.5 Å². The Labute approximate surface area is 98.4 Å². The molecule has 0 saturated carbocycles. The van der Waals surface area contributed by atoms with E-state index in [1.165, 1.54) is 0 Å². The van der Waals surface area contributed by atoms with Gasteiger partial charge in [0.15, 0.2) is 5.60 Å². The van der Waals surface area contributed by atoms with Crippen LogP contribution in [0.15, 0.2) is 0 Å². The molecule has 1 atom stereocenters. The van der Waals surface area contributed by atoms with E-state index in [0.29, 0.717) is 0 Å². The third-order valence-corrected chi connectivity index (χ3v) is 2.06. The number of urea groups is 1. The Balaban J connectivity index is 4.34. The summed E-state index contributed by atoms with van der Waals surface area (Å²) < 4.78 is 0. The number of carboxylic acids is 1. The molecule has 98 valence electrons. The fourth-order valence-corrected chi connectivity index (χ4v) is 0.950. The summed E-state index contributed by atoms with van der Waals surface area (Å²) in [7, 11) is 0. The van der Waals surface area contributed by atoms with Crippen LogP contribution in [0.1, 0.15) is 13.8 Å². The maximum Gasteiger partial charge on any atom is 0.337 e. The van der Waals surface area contributed by atoms with Gasteiger partial charge in [0, 0.05) is 6.54 Å². The number of primary amides is 1. The van der Waals surface area contributed by atoms with E-state index < -0.39 is 30.1 Å². The summed E-state index contributed by atoms with van der Waals surface area (Å²) >= 11 is 0. The smallest absolute Gasteiger partial charge is 0.337 e. The normalized spacial score (nSPS) is 13.6. The number of rotatable bonds is 6. The van der Waals surface area contributed by atoms with Crippen molar-refractivity contribution in [3.63, 3.8) is 0 Å². The number of carbonyl (C=O) groups is 3. The third kappa shape index (κ3) is 5.16. The van der Waals surface area contributed by atoms with Gasteiger partial charge >= 0.3 is 12.0 Å². The van der Waals surface area contributed by atoms with Crippen LogP contribution in [0.3, 0.4) is 0 Å². The molecule has 0 aromatic heterocycles. The van der Waals surface area contributed by atoms with Crippen LogP contribution in [0.25, 0.3) is 0 Å². The van der Waals surface area contributed by atoms with Crippen molar-refractivity contribution in [1.29, 1.82) is 0 Å². The van der Waals surface area contributed by atoms with E-state index in [1.807, 2.05) is 0 Å². The molecule has 0 aliphatic rings. The molecular weight excluding hydrogens is 230 g/mol. The van der Waals surface area contributed by atoms with Gasteiger partial charge in [-0.15, -0.1) is 0 Å². The monoisotopic (exact) mass is 247 g/mol. The SMILES string of the molecule is CCN(CC(N)=O)C(=O)NCC(C)(O)C(=O)O. The Hall–Kier alpha value is -1.83. The number of nitrogens with one attached hydrogen (secondary N) is 1. The number of nitrogens with two attached hydrogens (primary N) is 1. The summed E-state index contributed by atoms with van der Waals surface area (Å²) in [5, 5.41) is 20.2. The van der Waals surface area contributed by atoms with Gasteiger partial charge in [0.1, 0.15) is 6.54 Å². The third-order valence-electron chi connectivity index (χ3n) is 2.06. The van der Waals surface area contributed by atoms with Crippen molar-refractivity contribution >= 4 is 17.9 Å². The van der Waals surface area contributed by atoms with Crippen molar-refractivity contribution in [2.24, 2.45) is 5.73 Å². The van der Waals surface area contributed by atoms with Crippen LogP contribution in [0.2, 0.25) is 0 Å². The van der Waals surface area contributed by atoms with Crippen LogP contribution < -0.4 is 11.1 Å². The van der Waals surface area contributed by atoms with E-state index in [1.54, 1.807) is 6.92 Å². The maximum absolute atomic E-state index is 11.5. The average Bonchev–Trinajstić information content (AvgIpc) is 2.22. The highest BCUT2D eigenvalue weighted by Crippen LogP contribution is 2.01. The second kappa shape index (κ2) is 6.04. The average molecular weight is 247 g/mol. The lowest BCUT2D eigenvalue weighted by Crippen LogP contribution is -2.51. The topological polar surface area (TPSA) is 133 Å². The number of amides is 3. The van der Waals surface area contributed by atoms with Gasteiger partial charge in [0.05, 0.1) is 6.54 Å². The van der Waals surface area contributed by atoms with E-state index in [-0.39, 0.29) is 13.1 Å². The first-order chi connectivity index (χ1) is 7.70.